The molecule has 0 saturated heterocycles. The standard InChI is InChI=1S/C44H74O7S/c1-3-5-7-9-11-13-15-17-19-21-23-25-27-29-31-33-37-50-43(45)41-36-35-40(52(47,48)49)39-42(41)44(46)51-38-34-32-30-28-26-24-22-20-18-16-14-12-10-8-6-4-2/h11-14,35-36,39H,3-10,15-34,37-38H2,1-2H3,(H,47,48,49)/b13-11+,14-12+. The Morgan fingerprint density at radius 2 is 0.827 bits per heavy atom. The predicted octanol–water partition coefficient (Wildman–Crippen LogP) is 13.3. The Morgan fingerprint density at radius 1 is 0.500 bits per heavy atom. The largest absolute Gasteiger partial charge is 0.462 e. The minimum absolute atomic E-state index is 0.0626. The van der Waals surface area contributed by atoms with E-state index in [1.807, 2.05) is 0 Å². The van der Waals surface area contributed by atoms with Crippen LogP contribution in [0, 0.1) is 0 Å². The lowest BCUT2D eigenvalue weighted by atomic mass is 10.1. The molecule has 298 valence electrons. The molecule has 0 aliphatic heterocycles. The molecule has 0 aliphatic carbocycles. The molecule has 0 radical (unpaired) electrons. The second kappa shape index (κ2) is 33.1. The fraction of sp³-hybridized carbons (Fsp3) is 0.727. The molecular weight excluding hydrogens is 673 g/mol. The minimum atomic E-state index is -4.56. The molecule has 8 heteroatoms. The summed E-state index contributed by atoms with van der Waals surface area (Å²) in [4.78, 5) is 25.3. The van der Waals surface area contributed by atoms with Crippen molar-refractivity contribution >= 4 is 22.1 Å². The van der Waals surface area contributed by atoms with Crippen LogP contribution in [0.4, 0.5) is 0 Å². The molecule has 0 aliphatic rings. The predicted molar refractivity (Wildman–Crippen MR) is 216 cm³/mol. The number of esters is 2. The summed E-state index contributed by atoms with van der Waals surface area (Å²) in [5, 5.41) is 0. The minimum Gasteiger partial charge on any atom is -0.462 e. The lowest BCUT2D eigenvalue weighted by Gasteiger charge is -2.11. The van der Waals surface area contributed by atoms with Gasteiger partial charge in [-0.25, -0.2) is 9.59 Å². The first-order chi connectivity index (χ1) is 25.3. The van der Waals surface area contributed by atoms with Crippen molar-refractivity contribution in [1.82, 2.24) is 0 Å². The highest BCUT2D eigenvalue weighted by Gasteiger charge is 2.23. The molecule has 0 unspecified atom stereocenters. The summed E-state index contributed by atoms with van der Waals surface area (Å²) in [6.45, 7) is 4.86. The van der Waals surface area contributed by atoms with E-state index in [0.29, 0.717) is 6.42 Å². The van der Waals surface area contributed by atoms with Crippen molar-refractivity contribution in [1.29, 1.82) is 0 Å². The number of carbonyl (C=O) groups excluding carboxylic acids is 2. The summed E-state index contributed by atoms with van der Waals surface area (Å²) in [5.74, 6) is -1.50. The first-order valence-corrected chi connectivity index (χ1v) is 22.5. The third-order valence-corrected chi connectivity index (χ3v) is 10.4. The van der Waals surface area contributed by atoms with Gasteiger partial charge in [0.1, 0.15) is 0 Å². The van der Waals surface area contributed by atoms with Crippen LogP contribution in [0.25, 0.3) is 0 Å². The number of hydrogen-bond acceptors (Lipinski definition) is 6. The molecule has 1 aromatic rings. The Hall–Kier alpha value is -2.45. The number of rotatable bonds is 35. The van der Waals surface area contributed by atoms with Gasteiger partial charge in [0.2, 0.25) is 0 Å². The van der Waals surface area contributed by atoms with Gasteiger partial charge in [0.05, 0.1) is 29.2 Å². The number of carbonyl (C=O) groups is 2. The summed E-state index contributed by atoms with van der Waals surface area (Å²) in [7, 11) is -4.56. The number of hydrogen-bond donors (Lipinski definition) is 1. The lowest BCUT2D eigenvalue weighted by molar-refractivity contribution is 0.0450. The van der Waals surface area contributed by atoms with E-state index in [4.69, 9.17) is 9.47 Å². The fourth-order valence-electron chi connectivity index (χ4n) is 6.22. The Morgan fingerprint density at radius 3 is 1.19 bits per heavy atom. The van der Waals surface area contributed by atoms with Gasteiger partial charge in [0.15, 0.2) is 0 Å². The van der Waals surface area contributed by atoms with Crippen molar-refractivity contribution in [2.75, 3.05) is 13.2 Å². The SMILES string of the molecule is CCCCC/C=C/CCCCCCCCCCCOC(=O)c1ccc(S(=O)(=O)O)cc1C(=O)OCCCCCCCCCCC/C=C/CCCCC. The maximum absolute atomic E-state index is 12.9. The van der Waals surface area contributed by atoms with E-state index < -0.39 is 27.0 Å². The highest BCUT2D eigenvalue weighted by molar-refractivity contribution is 7.85. The van der Waals surface area contributed by atoms with Crippen LogP contribution in [0.15, 0.2) is 47.4 Å². The fourth-order valence-corrected chi connectivity index (χ4v) is 6.72. The average molecular weight is 747 g/mol. The Balaban J connectivity index is 2.24. The van der Waals surface area contributed by atoms with Crippen LogP contribution in [-0.2, 0) is 19.6 Å². The molecule has 52 heavy (non-hydrogen) atoms. The van der Waals surface area contributed by atoms with Gasteiger partial charge in [0, 0.05) is 0 Å². The Kier molecular flexibility index (Phi) is 30.3. The average Bonchev–Trinajstić information content (AvgIpc) is 3.13. The second-order valence-corrected chi connectivity index (χ2v) is 15.8. The summed E-state index contributed by atoms with van der Waals surface area (Å²) >= 11 is 0. The van der Waals surface area contributed by atoms with E-state index in [9.17, 15) is 22.6 Å². The van der Waals surface area contributed by atoms with E-state index in [2.05, 4.69) is 38.2 Å². The van der Waals surface area contributed by atoms with Crippen molar-refractivity contribution in [2.24, 2.45) is 0 Å². The van der Waals surface area contributed by atoms with Crippen molar-refractivity contribution < 1.29 is 32.0 Å². The maximum atomic E-state index is 12.9. The van der Waals surface area contributed by atoms with Crippen LogP contribution in [0.2, 0.25) is 0 Å². The van der Waals surface area contributed by atoms with E-state index in [1.165, 1.54) is 134 Å². The van der Waals surface area contributed by atoms with Gasteiger partial charge in [-0.05, 0) is 82.4 Å². The molecular formula is C44H74O7S. The normalized spacial score (nSPS) is 11.9. The van der Waals surface area contributed by atoms with Crippen molar-refractivity contribution in [3.8, 4) is 0 Å². The first kappa shape index (κ1) is 47.6. The van der Waals surface area contributed by atoms with Crippen LogP contribution in [-0.4, -0.2) is 38.1 Å². The monoisotopic (exact) mass is 747 g/mol. The summed E-state index contributed by atoms with van der Waals surface area (Å²) in [5.41, 5.74) is -0.275. The molecule has 7 nitrogen and oxygen atoms in total. The molecule has 1 aromatic carbocycles. The van der Waals surface area contributed by atoms with Gasteiger partial charge >= 0.3 is 11.9 Å². The third-order valence-electron chi connectivity index (χ3n) is 9.51. The van der Waals surface area contributed by atoms with Gasteiger partial charge in [-0.1, -0.05) is 154 Å². The van der Waals surface area contributed by atoms with Crippen LogP contribution in [0.3, 0.4) is 0 Å². The molecule has 0 heterocycles. The van der Waals surface area contributed by atoms with Crippen LogP contribution in [0.1, 0.15) is 214 Å². The van der Waals surface area contributed by atoms with E-state index >= 15 is 0 Å². The molecule has 0 atom stereocenters. The summed E-state index contributed by atoms with van der Waals surface area (Å²) < 4.78 is 43.9. The molecule has 0 bridgehead atoms. The van der Waals surface area contributed by atoms with Gasteiger partial charge in [-0.3, -0.25) is 4.55 Å². The molecule has 0 saturated carbocycles. The molecule has 0 aromatic heterocycles. The van der Waals surface area contributed by atoms with Crippen LogP contribution < -0.4 is 0 Å². The topological polar surface area (TPSA) is 107 Å². The van der Waals surface area contributed by atoms with Crippen molar-refractivity contribution in [3.05, 3.63) is 53.6 Å². The summed E-state index contributed by atoms with van der Waals surface area (Å²) in [6.07, 6.45) is 42.2. The first-order valence-electron chi connectivity index (χ1n) is 21.1. The quantitative estimate of drug-likeness (QED) is 0.0319. The van der Waals surface area contributed by atoms with E-state index in [1.54, 1.807) is 0 Å². The number of unbranched alkanes of at least 4 members (excludes halogenated alkanes) is 24. The van der Waals surface area contributed by atoms with Gasteiger partial charge in [-0.2, -0.15) is 8.42 Å². The molecule has 0 amide bonds. The van der Waals surface area contributed by atoms with E-state index in [0.717, 1.165) is 57.1 Å². The second-order valence-electron chi connectivity index (χ2n) is 14.3. The van der Waals surface area contributed by atoms with Gasteiger partial charge in [0.25, 0.3) is 10.1 Å². The van der Waals surface area contributed by atoms with Crippen molar-refractivity contribution in [2.45, 2.75) is 199 Å². The molecule has 1 rings (SSSR count). The zero-order valence-corrected chi connectivity index (χ0v) is 33.9. The van der Waals surface area contributed by atoms with Crippen LogP contribution >= 0.6 is 0 Å². The van der Waals surface area contributed by atoms with Gasteiger partial charge in [-0.15, -0.1) is 0 Å². The number of benzene rings is 1. The Labute approximate surface area is 318 Å². The molecule has 1 N–H and O–H groups in total. The maximum Gasteiger partial charge on any atom is 0.339 e. The number of allylic oxidation sites excluding steroid dienone is 4. The highest BCUT2D eigenvalue weighted by Crippen LogP contribution is 2.20. The van der Waals surface area contributed by atoms with Gasteiger partial charge < -0.3 is 9.47 Å². The zero-order valence-electron chi connectivity index (χ0n) is 33.1. The zero-order chi connectivity index (χ0) is 38.0. The summed E-state index contributed by atoms with van der Waals surface area (Å²) in [6, 6.07) is 3.29. The number of ether oxygens (including phenoxy) is 2. The van der Waals surface area contributed by atoms with E-state index in [-0.39, 0.29) is 24.3 Å². The highest BCUT2D eigenvalue weighted by atomic mass is 32.2. The third kappa shape index (κ3) is 26.3. The smallest absolute Gasteiger partial charge is 0.339 e. The van der Waals surface area contributed by atoms with Crippen LogP contribution in [0.5, 0.6) is 0 Å². The lowest BCUT2D eigenvalue weighted by Crippen LogP contribution is -2.16. The Bertz CT molecular complexity index is 1200. The molecule has 0 spiro atoms. The molecule has 0 fully saturated rings. The van der Waals surface area contributed by atoms with Crippen molar-refractivity contribution in [3.63, 3.8) is 0 Å².